The number of rotatable bonds is 7. The Morgan fingerprint density at radius 1 is 1.55 bits per heavy atom. The Labute approximate surface area is 128 Å². The summed E-state index contributed by atoms with van der Waals surface area (Å²) in [7, 11) is 0. The van der Waals surface area contributed by atoms with Crippen LogP contribution in [0.4, 0.5) is 0 Å². The van der Waals surface area contributed by atoms with Crippen LogP contribution in [0.15, 0.2) is 35.3 Å². The van der Waals surface area contributed by atoms with Gasteiger partial charge in [-0.2, -0.15) is 0 Å². The van der Waals surface area contributed by atoms with Crippen LogP contribution in [0.2, 0.25) is 0 Å². The third-order valence-electron chi connectivity index (χ3n) is 2.67. The van der Waals surface area contributed by atoms with Gasteiger partial charge in [0.2, 0.25) is 0 Å². The maximum absolute atomic E-state index is 11.8. The summed E-state index contributed by atoms with van der Waals surface area (Å²) in [5, 5.41) is 2.71. The van der Waals surface area contributed by atoms with Gasteiger partial charge >= 0.3 is 0 Å². The van der Waals surface area contributed by atoms with Crippen LogP contribution in [0, 0.1) is 0 Å². The number of para-hydroxylation sites is 1. The number of halogens is 1. The van der Waals surface area contributed by atoms with Gasteiger partial charge in [0.05, 0.1) is 4.47 Å². The number of hydrogen-bond acceptors (Lipinski definition) is 3. The third kappa shape index (κ3) is 4.98. The van der Waals surface area contributed by atoms with Crippen molar-refractivity contribution in [2.24, 2.45) is 5.73 Å². The second-order valence-corrected chi connectivity index (χ2v) is 5.56. The molecular formula is C15H21BrN2O2. The first-order valence-corrected chi connectivity index (χ1v) is 7.33. The second-order valence-electron chi connectivity index (χ2n) is 4.70. The number of hydrogen-bond donors (Lipinski definition) is 2. The highest BCUT2D eigenvalue weighted by molar-refractivity contribution is 9.10. The van der Waals surface area contributed by atoms with E-state index in [1.54, 1.807) is 13.0 Å². The molecule has 0 saturated carbocycles. The fourth-order valence-corrected chi connectivity index (χ4v) is 2.24. The Morgan fingerprint density at radius 3 is 2.85 bits per heavy atom. The standard InChI is InChI=1S/C15H21BrN2O2/c1-4-8-18-15(19)11(3)20-14-12(9-10(2)17)6-5-7-13(14)16/h4-7,10-11H,1,8-9,17H2,2-3H3,(H,18,19). The minimum atomic E-state index is -0.583. The molecule has 2 atom stereocenters. The molecule has 3 N–H and O–H groups in total. The van der Waals surface area contributed by atoms with Crippen molar-refractivity contribution in [1.29, 1.82) is 0 Å². The van der Waals surface area contributed by atoms with E-state index in [1.807, 2.05) is 25.1 Å². The lowest BCUT2D eigenvalue weighted by Crippen LogP contribution is -2.36. The largest absolute Gasteiger partial charge is 0.479 e. The number of ether oxygens (including phenoxy) is 1. The van der Waals surface area contributed by atoms with Gasteiger partial charge < -0.3 is 15.8 Å². The minimum absolute atomic E-state index is 0.0246. The summed E-state index contributed by atoms with van der Waals surface area (Å²) in [5.41, 5.74) is 6.82. The maximum Gasteiger partial charge on any atom is 0.261 e. The van der Waals surface area contributed by atoms with Gasteiger partial charge in [-0.05, 0) is 47.8 Å². The topological polar surface area (TPSA) is 64.3 Å². The van der Waals surface area contributed by atoms with E-state index in [-0.39, 0.29) is 11.9 Å². The number of benzene rings is 1. The number of nitrogens with one attached hydrogen (secondary N) is 1. The molecule has 0 aliphatic carbocycles. The summed E-state index contributed by atoms with van der Waals surface area (Å²) in [4.78, 5) is 11.8. The van der Waals surface area contributed by atoms with Gasteiger partial charge in [-0.1, -0.05) is 18.2 Å². The Balaban J connectivity index is 2.84. The zero-order valence-electron chi connectivity index (χ0n) is 11.9. The highest BCUT2D eigenvalue weighted by Gasteiger charge is 2.18. The zero-order valence-corrected chi connectivity index (χ0v) is 13.4. The number of nitrogens with two attached hydrogens (primary N) is 1. The van der Waals surface area contributed by atoms with Crippen LogP contribution in [0.25, 0.3) is 0 Å². The van der Waals surface area contributed by atoms with Crippen molar-refractivity contribution in [3.63, 3.8) is 0 Å². The first-order chi connectivity index (χ1) is 9.45. The van der Waals surface area contributed by atoms with Gasteiger partial charge in [-0.25, -0.2) is 0 Å². The summed E-state index contributed by atoms with van der Waals surface area (Å²) < 4.78 is 6.61. The molecule has 0 spiro atoms. The lowest BCUT2D eigenvalue weighted by atomic mass is 10.1. The number of carbonyl (C=O) groups excluding carboxylic acids is 1. The minimum Gasteiger partial charge on any atom is -0.479 e. The summed E-state index contributed by atoms with van der Waals surface area (Å²) in [6.45, 7) is 7.64. The maximum atomic E-state index is 11.8. The van der Waals surface area contributed by atoms with E-state index in [4.69, 9.17) is 10.5 Å². The van der Waals surface area contributed by atoms with Gasteiger partial charge in [-0.3, -0.25) is 4.79 Å². The van der Waals surface area contributed by atoms with Gasteiger partial charge in [0.25, 0.3) is 5.91 Å². The fourth-order valence-electron chi connectivity index (χ4n) is 1.74. The van der Waals surface area contributed by atoms with E-state index in [0.29, 0.717) is 18.7 Å². The normalized spacial score (nSPS) is 13.4. The van der Waals surface area contributed by atoms with Crippen molar-refractivity contribution in [3.05, 3.63) is 40.9 Å². The smallest absolute Gasteiger partial charge is 0.261 e. The molecule has 5 heteroatoms. The number of amides is 1. The van der Waals surface area contributed by atoms with Crippen LogP contribution in [-0.4, -0.2) is 24.6 Å². The van der Waals surface area contributed by atoms with Crippen molar-refractivity contribution in [3.8, 4) is 5.75 Å². The molecule has 4 nitrogen and oxygen atoms in total. The zero-order chi connectivity index (χ0) is 15.1. The monoisotopic (exact) mass is 340 g/mol. The van der Waals surface area contributed by atoms with Crippen molar-refractivity contribution >= 4 is 21.8 Å². The van der Waals surface area contributed by atoms with Gasteiger partial charge in [0.1, 0.15) is 5.75 Å². The second kappa shape index (κ2) is 8.07. The Kier molecular flexibility index (Phi) is 6.75. The quantitative estimate of drug-likeness (QED) is 0.749. The predicted molar refractivity (Wildman–Crippen MR) is 84.8 cm³/mol. The van der Waals surface area contributed by atoms with Crippen LogP contribution in [0.3, 0.4) is 0 Å². The predicted octanol–water partition coefficient (Wildman–Crippen LogP) is 2.41. The van der Waals surface area contributed by atoms with Crippen LogP contribution in [0.5, 0.6) is 5.75 Å². The van der Waals surface area contributed by atoms with Gasteiger partial charge in [0.15, 0.2) is 6.10 Å². The molecule has 1 aromatic rings. The van der Waals surface area contributed by atoms with Crippen LogP contribution in [-0.2, 0) is 11.2 Å². The molecule has 2 unspecified atom stereocenters. The SMILES string of the molecule is C=CCNC(=O)C(C)Oc1c(Br)cccc1CC(C)N. The van der Waals surface area contributed by atoms with Crippen molar-refractivity contribution in [1.82, 2.24) is 5.32 Å². The molecule has 0 radical (unpaired) electrons. The van der Waals surface area contributed by atoms with Crippen molar-refractivity contribution in [2.75, 3.05) is 6.54 Å². The van der Waals surface area contributed by atoms with E-state index in [9.17, 15) is 4.79 Å². The average molecular weight is 341 g/mol. The third-order valence-corrected chi connectivity index (χ3v) is 3.30. The first-order valence-electron chi connectivity index (χ1n) is 6.54. The molecule has 0 aliphatic rings. The lowest BCUT2D eigenvalue weighted by molar-refractivity contribution is -0.127. The summed E-state index contributed by atoms with van der Waals surface area (Å²) in [6.07, 6.45) is 1.74. The highest BCUT2D eigenvalue weighted by atomic mass is 79.9. The van der Waals surface area contributed by atoms with E-state index in [1.165, 1.54) is 0 Å². The summed E-state index contributed by atoms with van der Waals surface area (Å²) in [5.74, 6) is 0.499. The van der Waals surface area contributed by atoms with Crippen LogP contribution in [0.1, 0.15) is 19.4 Å². The van der Waals surface area contributed by atoms with E-state index < -0.39 is 6.10 Å². The highest BCUT2D eigenvalue weighted by Crippen LogP contribution is 2.30. The Bertz CT molecular complexity index is 475. The molecule has 20 heavy (non-hydrogen) atoms. The fraction of sp³-hybridized carbons (Fsp3) is 0.400. The molecule has 0 saturated heterocycles. The molecule has 0 aliphatic heterocycles. The number of carbonyl (C=O) groups is 1. The van der Waals surface area contributed by atoms with Gasteiger partial charge in [-0.15, -0.1) is 6.58 Å². The Hall–Kier alpha value is -1.33. The van der Waals surface area contributed by atoms with E-state index in [0.717, 1.165) is 10.0 Å². The molecule has 110 valence electrons. The van der Waals surface area contributed by atoms with E-state index in [2.05, 4.69) is 27.8 Å². The summed E-state index contributed by atoms with van der Waals surface area (Å²) in [6, 6.07) is 5.79. The molecule has 1 amide bonds. The molecular weight excluding hydrogens is 320 g/mol. The molecule has 0 fully saturated rings. The van der Waals surface area contributed by atoms with Crippen LogP contribution >= 0.6 is 15.9 Å². The molecule has 0 bridgehead atoms. The lowest BCUT2D eigenvalue weighted by Gasteiger charge is -2.19. The molecule has 0 aromatic heterocycles. The average Bonchev–Trinajstić information content (AvgIpc) is 2.39. The van der Waals surface area contributed by atoms with Gasteiger partial charge in [0, 0.05) is 12.6 Å². The summed E-state index contributed by atoms with van der Waals surface area (Å²) >= 11 is 3.45. The van der Waals surface area contributed by atoms with Crippen molar-refractivity contribution in [2.45, 2.75) is 32.4 Å². The Morgan fingerprint density at radius 2 is 2.25 bits per heavy atom. The van der Waals surface area contributed by atoms with E-state index >= 15 is 0 Å². The molecule has 1 aromatic carbocycles. The van der Waals surface area contributed by atoms with Crippen LogP contribution < -0.4 is 15.8 Å². The van der Waals surface area contributed by atoms with Crippen molar-refractivity contribution < 1.29 is 9.53 Å². The molecule has 0 heterocycles. The molecule has 1 rings (SSSR count). The first kappa shape index (κ1) is 16.7.